The van der Waals surface area contributed by atoms with E-state index in [2.05, 4.69) is 43.8 Å². The molecule has 170 valence electrons. The first kappa shape index (κ1) is 21.2. The van der Waals surface area contributed by atoms with Crippen LogP contribution in [0.5, 0.6) is 0 Å². The van der Waals surface area contributed by atoms with Gasteiger partial charge in [-0.2, -0.15) is 0 Å². The molecule has 9 nitrogen and oxygen atoms in total. The topological polar surface area (TPSA) is 91.2 Å². The Bertz CT molecular complexity index is 1160. The van der Waals surface area contributed by atoms with Crippen molar-refractivity contribution >= 4 is 17.4 Å². The van der Waals surface area contributed by atoms with Crippen LogP contribution in [-0.2, 0) is 11.2 Å². The molecule has 3 aromatic heterocycles. The van der Waals surface area contributed by atoms with Gasteiger partial charge in [-0.1, -0.05) is 0 Å². The number of anilines is 2. The number of fused-ring (bicyclic) bond motifs is 1. The average Bonchev–Trinajstić information content (AvgIpc) is 2.84. The van der Waals surface area contributed by atoms with Crippen molar-refractivity contribution < 1.29 is 4.79 Å². The number of amides is 1. The van der Waals surface area contributed by atoms with E-state index in [9.17, 15) is 4.79 Å². The van der Waals surface area contributed by atoms with E-state index in [-0.39, 0.29) is 11.9 Å². The number of hydrogen-bond donors (Lipinski definition) is 0. The SMILES string of the molecule is CC(=O)N1CCN(c2cc(C)nc(N3CCc4nc(-c5ncccn5)ncc4C3C)c2)CC1. The molecule has 1 unspecified atom stereocenters. The number of carbonyl (C=O) groups is 1. The molecule has 0 aliphatic carbocycles. The first-order chi connectivity index (χ1) is 16.0. The number of carbonyl (C=O) groups excluding carboxylic acids is 1. The van der Waals surface area contributed by atoms with Crippen LogP contribution in [0.4, 0.5) is 11.5 Å². The highest BCUT2D eigenvalue weighted by molar-refractivity contribution is 5.73. The zero-order valence-electron chi connectivity index (χ0n) is 19.3. The van der Waals surface area contributed by atoms with E-state index in [1.165, 1.54) is 0 Å². The lowest BCUT2D eigenvalue weighted by atomic mass is 9.99. The molecule has 0 N–H and O–H groups in total. The summed E-state index contributed by atoms with van der Waals surface area (Å²) in [6, 6.07) is 6.19. The van der Waals surface area contributed by atoms with Gasteiger partial charge in [-0.3, -0.25) is 4.79 Å². The third-order valence-electron chi connectivity index (χ3n) is 6.48. The standard InChI is InChI=1S/C24H28N8O/c1-16-13-19(31-11-9-30(10-12-31)18(3)33)14-22(28-16)32-8-5-21-20(17(32)2)15-27-24(29-21)23-25-6-4-7-26-23/h4,6-7,13-15,17H,5,8-12H2,1-3H3. The Labute approximate surface area is 193 Å². The second-order valence-electron chi connectivity index (χ2n) is 8.61. The lowest BCUT2D eigenvalue weighted by Gasteiger charge is -2.38. The van der Waals surface area contributed by atoms with E-state index < -0.39 is 0 Å². The van der Waals surface area contributed by atoms with Gasteiger partial charge in [0.2, 0.25) is 5.91 Å². The maximum Gasteiger partial charge on any atom is 0.219 e. The highest BCUT2D eigenvalue weighted by Gasteiger charge is 2.28. The molecule has 5 rings (SSSR count). The van der Waals surface area contributed by atoms with E-state index in [1.807, 2.05) is 18.0 Å². The number of aromatic nitrogens is 5. The molecule has 1 atom stereocenters. The Kier molecular flexibility index (Phi) is 5.62. The van der Waals surface area contributed by atoms with Crippen molar-refractivity contribution in [2.24, 2.45) is 0 Å². The van der Waals surface area contributed by atoms with Crippen LogP contribution in [0.2, 0.25) is 0 Å². The fourth-order valence-electron chi connectivity index (χ4n) is 4.64. The van der Waals surface area contributed by atoms with E-state index in [0.29, 0.717) is 11.6 Å². The summed E-state index contributed by atoms with van der Waals surface area (Å²) in [4.78, 5) is 41.0. The van der Waals surface area contributed by atoms with E-state index in [1.54, 1.807) is 25.4 Å². The molecular formula is C24H28N8O. The summed E-state index contributed by atoms with van der Waals surface area (Å²) in [7, 11) is 0. The van der Waals surface area contributed by atoms with Gasteiger partial charge in [0, 0.05) is 87.7 Å². The number of pyridine rings is 1. The van der Waals surface area contributed by atoms with Crippen molar-refractivity contribution in [1.29, 1.82) is 0 Å². The normalized spacial score (nSPS) is 18.3. The molecule has 2 aliphatic rings. The minimum absolute atomic E-state index is 0.108. The van der Waals surface area contributed by atoms with Crippen molar-refractivity contribution in [3.8, 4) is 11.6 Å². The van der Waals surface area contributed by atoms with Crippen molar-refractivity contribution in [2.75, 3.05) is 42.5 Å². The zero-order chi connectivity index (χ0) is 22.9. The molecule has 3 aromatic rings. The average molecular weight is 445 g/mol. The van der Waals surface area contributed by atoms with Gasteiger partial charge in [0.25, 0.3) is 0 Å². The molecule has 5 heterocycles. The minimum atomic E-state index is 0.108. The van der Waals surface area contributed by atoms with E-state index >= 15 is 0 Å². The summed E-state index contributed by atoms with van der Waals surface area (Å²) in [6.07, 6.45) is 6.12. The molecule has 0 bridgehead atoms. The van der Waals surface area contributed by atoms with Crippen LogP contribution < -0.4 is 9.80 Å². The van der Waals surface area contributed by atoms with Crippen LogP contribution in [0.1, 0.15) is 36.8 Å². The second kappa shape index (κ2) is 8.73. The van der Waals surface area contributed by atoms with Gasteiger partial charge in [-0.15, -0.1) is 0 Å². The molecule has 1 saturated heterocycles. The number of piperazine rings is 1. The lowest BCUT2D eigenvalue weighted by molar-refractivity contribution is -0.129. The Morgan fingerprint density at radius 3 is 2.45 bits per heavy atom. The van der Waals surface area contributed by atoms with Crippen molar-refractivity contribution in [2.45, 2.75) is 33.2 Å². The molecule has 0 spiro atoms. The summed E-state index contributed by atoms with van der Waals surface area (Å²) < 4.78 is 0. The van der Waals surface area contributed by atoms with Crippen LogP contribution in [0.15, 0.2) is 36.8 Å². The fourth-order valence-corrected chi connectivity index (χ4v) is 4.64. The summed E-state index contributed by atoms with van der Waals surface area (Å²) in [6.45, 7) is 9.85. The number of aryl methyl sites for hydroxylation is 1. The summed E-state index contributed by atoms with van der Waals surface area (Å²) in [5.41, 5.74) is 4.30. The molecule has 33 heavy (non-hydrogen) atoms. The van der Waals surface area contributed by atoms with Gasteiger partial charge < -0.3 is 14.7 Å². The maximum absolute atomic E-state index is 11.7. The van der Waals surface area contributed by atoms with Gasteiger partial charge in [-0.05, 0) is 26.0 Å². The Morgan fingerprint density at radius 1 is 0.970 bits per heavy atom. The van der Waals surface area contributed by atoms with Crippen LogP contribution in [0, 0.1) is 6.92 Å². The number of rotatable bonds is 3. The molecule has 0 saturated carbocycles. The highest BCUT2D eigenvalue weighted by atomic mass is 16.2. The molecule has 0 aromatic carbocycles. The van der Waals surface area contributed by atoms with Crippen molar-refractivity contribution in [3.05, 3.63) is 53.7 Å². The van der Waals surface area contributed by atoms with Gasteiger partial charge in [0.15, 0.2) is 11.6 Å². The van der Waals surface area contributed by atoms with Gasteiger partial charge in [-0.25, -0.2) is 24.9 Å². The molecule has 0 radical (unpaired) electrons. The minimum Gasteiger partial charge on any atom is -0.368 e. The first-order valence-electron chi connectivity index (χ1n) is 11.4. The molecule has 2 aliphatic heterocycles. The summed E-state index contributed by atoms with van der Waals surface area (Å²) in [5, 5.41) is 0. The Hall–Kier alpha value is -3.62. The maximum atomic E-state index is 11.7. The quantitative estimate of drug-likeness (QED) is 0.608. The second-order valence-corrected chi connectivity index (χ2v) is 8.61. The molecular weight excluding hydrogens is 416 g/mol. The Morgan fingerprint density at radius 2 is 1.73 bits per heavy atom. The van der Waals surface area contributed by atoms with Crippen LogP contribution in [-0.4, -0.2) is 68.5 Å². The predicted molar refractivity (Wildman–Crippen MR) is 126 cm³/mol. The first-order valence-corrected chi connectivity index (χ1v) is 11.4. The van der Waals surface area contributed by atoms with Gasteiger partial charge in [0.1, 0.15) is 5.82 Å². The smallest absolute Gasteiger partial charge is 0.219 e. The largest absolute Gasteiger partial charge is 0.368 e. The number of hydrogen-bond acceptors (Lipinski definition) is 8. The van der Waals surface area contributed by atoms with Gasteiger partial charge >= 0.3 is 0 Å². The Balaban J connectivity index is 1.38. The van der Waals surface area contributed by atoms with Crippen molar-refractivity contribution in [3.63, 3.8) is 0 Å². The van der Waals surface area contributed by atoms with Crippen LogP contribution in [0.25, 0.3) is 11.6 Å². The third-order valence-corrected chi connectivity index (χ3v) is 6.48. The predicted octanol–water partition coefficient (Wildman–Crippen LogP) is 2.43. The molecule has 1 fully saturated rings. The molecule has 9 heteroatoms. The highest BCUT2D eigenvalue weighted by Crippen LogP contribution is 2.34. The lowest BCUT2D eigenvalue weighted by Crippen LogP contribution is -2.48. The van der Waals surface area contributed by atoms with Crippen LogP contribution in [0.3, 0.4) is 0 Å². The number of nitrogens with zero attached hydrogens (tertiary/aromatic N) is 8. The van der Waals surface area contributed by atoms with Gasteiger partial charge in [0.05, 0.1) is 11.7 Å². The van der Waals surface area contributed by atoms with E-state index in [4.69, 9.17) is 9.97 Å². The fraction of sp³-hybridized carbons (Fsp3) is 0.417. The van der Waals surface area contributed by atoms with Crippen molar-refractivity contribution in [1.82, 2.24) is 29.8 Å². The van der Waals surface area contributed by atoms with Crippen LogP contribution >= 0.6 is 0 Å². The van der Waals surface area contributed by atoms with E-state index in [0.717, 1.165) is 67.6 Å². The summed E-state index contributed by atoms with van der Waals surface area (Å²) in [5.74, 6) is 2.22. The third kappa shape index (κ3) is 4.22. The zero-order valence-corrected chi connectivity index (χ0v) is 19.3. The monoisotopic (exact) mass is 444 g/mol. The molecule has 1 amide bonds. The summed E-state index contributed by atoms with van der Waals surface area (Å²) >= 11 is 0.